The van der Waals surface area contributed by atoms with Crippen LogP contribution in [-0.4, -0.2) is 18.2 Å². The van der Waals surface area contributed by atoms with E-state index in [4.69, 9.17) is 0 Å². The van der Waals surface area contributed by atoms with Crippen LogP contribution < -0.4 is 4.90 Å². The number of nitrogens with zero attached hydrogens (tertiary/aromatic N) is 1. The molecule has 3 heteroatoms. The molecule has 0 aromatic heterocycles. The molecule has 3 nitrogen and oxygen atoms in total. The first-order chi connectivity index (χ1) is 7.59. The lowest BCUT2D eigenvalue weighted by atomic mass is 10.0. The predicted molar refractivity (Wildman–Crippen MR) is 62.5 cm³/mol. The van der Waals surface area contributed by atoms with Gasteiger partial charge >= 0.3 is 0 Å². The van der Waals surface area contributed by atoms with Gasteiger partial charge in [0.25, 0.3) is 5.91 Å². The Morgan fingerprint density at radius 2 is 1.75 bits per heavy atom. The topological polar surface area (TPSA) is 37.4 Å². The molecule has 1 amide bonds. The second-order valence-corrected chi connectivity index (χ2v) is 4.38. The number of Topliss-reactive ketones (excluding diaryl/α,β-unsaturated/α-hetero) is 1. The van der Waals surface area contributed by atoms with E-state index in [2.05, 4.69) is 13.8 Å². The van der Waals surface area contributed by atoms with Crippen LogP contribution >= 0.6 is 0 Å². The highest BCUT2D eigenvalue weighted by Gasteiger charge is 2.30. The van der Waals surface area contributed by atoms with Gasteiger partial charge in [-0.25, -0.2) is 0 Å². The van der Waals surface area contributed by atoms with Crippen LogP contribution in [0.5, 0.6) is 0 Å². The molecule has 1 heterocycles. The Morgan fingerprint density at radius 3 is 2.19 bits per heavy atom. The number of anilines is 1. The third-order valence-electron chi connectivity index (χ3n) is 2.92. The van der Waals surface area contributed by atoms with Crippen molar-refractivity contribution >= 4 is 17.4 Å². The molecule has 1 aromatic carbocycles. The van der Waals surface area contributed by atoms with Crippen molar-refractivity contribution in [3.05, 3.63) is 29.8 Å². The maximum absolute atomic E-state index is 11.5. The smallest absolute Gasteiger partial charge is 0.294 e. The molecule has 1 aliphatic heterocycles. The van der Waals surface area contributed by atoms with Crippen molar-refractivity contribution in [1.82, 2.24) is 0 Å². The first-order valence-corrected chi connectivity index (χ1v) is 5.54. The molecule has 1 saturated heterocycles. The second-order valence-electron chi connectivity index (χ2n) is 4.38. The Hall–Kier alpha value is -1.64. The molecule has 1 aromatic rings. The number of ketones is 1. The molecule has 84 valence electrons. The van der Waals surface area contributed by atoms with Crippen molar-refractivity contribution in [1.29, 1.82) is 0 Å². The van der Waals surface area contributed by atoms with Gasteiger partial charge in [0.15, 0.2) is 0 Å². The normalized spacial score (nSPS) is 16.3. The number of hydrogen-bond donors (Lipinski definition) is 0. The van der Waals surface area contributed by atoms with E-state index in [1.165, 1.54) is 5.56 Å². The Kier molecular flexibility index (Phi) is 2.77. The molecule has 1 fully saturated rings. The fourth-order valence-corrected chi connectivity index (χ4v) is 1.86. The molecule has 0 saturated carbocycles. The van der Waals surface area contributed by atoms with Gasteiger partial charge in [0.05, 0.1) is 0 Å². The lowest BCUT2D eigenvalue weighted by Crippen LogP contribution is -2.26. The second kappa shape index (κ2) is 4.08. The minimum absolute atomic E-state index is 0.284. The van der Waals surface area contributed by atoms with Crippen molar-refractivity contribution in [2.75, 3.05) is 11.4 Å². The van der Waals surface area contributed by atoms with Crippen LogP contribution in [0.1, 0.15) is 31.7 Å². The molecular weight excluding hydrogens is 202 g/mol. The van der Waals surface area contributed by atoms with E-state index in [1.54, 1.807) is 4.90 Å². The van der Waals surface area contributed by atoms with Gasteiger partial charge in [0.1, 0.15) is 0 Å². The summed E-state index contributed by atoms with van der Waals surface area (Å²) in [5, 5.41) is 0. The van der Waals surface area contributed by atoms with E-state index in [9.17, 15) is 9.59 Å². The number of carbonyl (C=O) groups excluding carboxylic acids is 2. The van der Waals surface area contributed by atoms with E-state index in [-0.39, 0.29) is 11.7 Å². The predicted octanol–water partition coefficient (Wildman–Crippen LogP) is 2.12. The average molecular weight is 217 g/mol. The highest BCUT2D eigenvalue weighted by atomic mass is 16.2. The van der Waals surface area contributed by atoms with Crippen LogP contribution in [0.25, 0.3) is 0 Å². The summed E-state index contributed by atoms with van der Waals surface area (Å²) in [6.45, 7) is 4.76. The third kappa shape index (κ3) is 1.85. The summed E-state index contributed by atoms with van der Waals surface area (Å²) in [5.41, 5.74) is 2.06. The summed E-state index contributed by atoms with van der Waals surface area (Å²) in [6, 6.07) is 7.84. The molecule has 1 aliphatic rings. The fourth-order valence-electron chi connectivity index (χ4n) is 1.86. The van der Waals surface area contributed by atoms with Gasteiger partial charge in [0, 0.05) is 18.7 Å². The summed E-state index contributed by atoms with van der Waals surface area (Å²) in [5.74, 6) is -0.185. The number of rotatable bonds is 2. The number of amides is 1. The van der Waals surface area contributed by atoms with Crippen LogP contribution in [0.2, 0.25) is 0 Å². The van der Waals surface area contributed by atoms with Gasteiger partial charge in [0.2, 0.25) is 5.78 Å². The average Bonchev–Trinajstić information content (AvgIpc) is 2.60. The molecule has 0 N–H and O–H groups in total. The fraction of sp³-hybridized carbons (Fsp3) is 0.385. The quantitative estimate of drug-likeness (QED) is 0.711. The van der Waals surface area contributed by atoms with Crippen molar-refractivity contribution in [2.24, 2.45) is 0 Å². The maximum Gasteiger partial charge on any atom is 0.294 e. The molecule has 0 bridgehead atoms. The van der Waals surface area contributed by atoms with E-state index < -0.39 is 0 Å². The molecule has 0 unspecified atom stereocenters. The van der Waals surface area contributed by atoms with Crippen LogP contribution in [0, 0.1) is 0 Å². The Balaban J connectivity index is 2.22. The standard InChI is InChI=1S/C13H15NO2/c1-9(2)10-3-5-11(6-4-10)14-8-7-12(15)13(14)16/h3-6,9H,7-8H2,1-2H3. The molecule has 16 heavy (non-hydrogen) atoms. The van der Waals surface area contributed by atoms with Crippen LogP contribution in [0.3, 0.4) is 0 Å². The minimum atomic E-state index is -0.378. The summed E-state index contributed by atoms with van der Waals surface area (Å²) in [7, 11) is 0. The third-order valence-corrected chi connectivity index (χ3v) is 2.92. The molecule has 0 spiro atoms. The molecule has 2 rings (SSSR count). The van der Waals surface area contributed by atoms with E-state index in [0.29, 0.717) is 18.9 Å². The lowest BCUT2D eigenvalue weighted by molar-refractivity contribution is -0.133. The largest absolute Gasteiger partial charge is 0.305 e. The van der Waals surface area contributed by atoms with Gasteiger partial charge in [-0.1, -0.05) is 26.0 Å². The highest BCUT2D eigenvalue weighted by Crippen LogP contribution is 2.22. The van der Waals surface area contributed by atoms with Crippen molar-refractivity contribution in [3.63, 3.8) is 0 Å². The van der Waals surface area contributed by atoms with E-state index >= 15 is 0 Å². The van der Waals surface area contributed by atoms with E-state index in [1.807, 2.05) is 24.3 Å². The van der Waals surface area contributed by atoms with Gasteiger partial charge in [-0.3, -0.25) is 9.59 Å². The van der Waals surface area contributed by atoms with Crippen LogP contribution in [0.15, 0.2) is 24.3 Å². The Morgan fingerprint density at radius 1 is 1.12 bits per heavy atom. The summed E-state index contributed by atoms with van der Waals surface area (Å²) >= 11 is 0. The zero-order valence-electron chi connectivity index (χ0n) is 9.56. The molecule has 0 radical (unpaired) electrons. The van der Waals surface area contributed by atoms with Gasteiger partial charge in [-0.15, -0.1) is 0 Å². The summed E-state index contributed by atoms with van der Waals surface area (Å²) in [6.07, 6.45) is 0.338. The zero-order chi connectivity index (χ0) is 11.7. The Labute approximate surface area is 95.1 Å². The minimum Gasteiger partial charge on any atom is -0.305 e. The van der Waals surface area contributed by atoms with Gasteiger partial charge in [-0.2, -0.15) is 0 Å². The van der Waals surface area contributed by atoms with Gasteiger partial charge in [-0.05, 0) is 23.6 Å². The van der Waals surface area contributed by atoms with Crippen LogP contribution in [0.4, 0.5) is 5.69 Å². The zero-order valence-corrected chi connectivity index (χ0v) is 9.56. The highest BCUT2D eigenvalue weighted by molar-refractivity contribution is 6.43. The number of hydrogen-bond acceptors (Lipinski definition) is 2. The van der Waals surface area contributed by atoms with Crippen LogP contribution in [-0.2, 0) is 9.59 Å². The van der Waals surface area contributed by atoms with Gasteiger partial charge < -0.3 is 4.90 Å². The monoisotopic (exact) mass is 217 g/mol. The molecule has 0 aliphatic carbocycles. The summed E-state index contributed by atoms with van der Waals surface area (Å²) in [4.78, 5) is 24.2. The lowest BCUT2D eigenvalue weighted by Gasteiger charge is -2.15. The first kappa shape index (κ1) is 10.9. The molecular formula is C13H15NO2. The Bertz CT molecular complexity index is 420. The van der Waals surface area contributed by atoms with Crippen molar-refractivity contribution < 1.29 is 9.59 Å². The van der Waals surface area contributed by atoms with Crippen molar-refractivity contribution in [3.8, 4) is 0 Å². The van der Waals surface area contributed by atoms with Crippen molar-refractivity contribution in [2.45, 2.75) is 26.2 Å². The number of benzene rings is 1. The van der Waals surface area contributed by atoms with E-state index in [0.717, 1.165) is 5.69 Å². The summed E-state index contributed by atoms with van der Waals surface area (Å²) < 4.78 is 0. The maximum atomic E-state index is 11.5. The SMILES string of the molecule is CC(C)c1ccc(N2CCC(=O)C2=O)cc1. The number of carbonyl (C=O) groups is 2. The molecule has 0 atom stereocenters. The first-order valence-electron chi connectivity index (χ1n) is 5.54.